The number of thiophene rings is 1. The number of benzene rings is 1. The van der Waals surface area contributed by atoms with Gasteiger partial charge in [0.2, 0.25) is 15.9 Å². The van der Waals surface area contributed by atoms with E-state index in [1.807, 2.05) is 0 Å². The van der Waals surface area contributed by atoms with Gasteiger partial charge in [-0.15, -0.1) is 11.3 Å². The molecule has 1 aliphatic rings. The van der Waals surface area contributed by atoms with Gasteiger partial charge in [-0.05, 0) is 23.6 Å². The van der Waals surface area contributed by atoms with Crippen molar-refractivity contribution in [1.29, 1.82) is 0 Å². The molecule has 1 aliphatic heterocycles. The molecule has 30 heavy (non-hydrogen) atoms. The first-order chi connectivity index (χ1) is 14.5. The number of nitrogens with zero attached hydrogens (tertiary/aromatic N) is 3. The lowest BCUT2D eigenvalue weighted by Gasteiger charge is -2.25. The average Bonchev–Trinajstić information content (AvgIpc) is 3.27. The molecule has 4 rings (SSSR count). The predicted octanol–water partition coefficient (Wildman–Crippen LogP) is 3.32. The molecule has 0 unspecified atom stereocenters. The van der Waals surface area contributed by atoms with Crippen LogP contribution in [0.1, 0.15) is 9.67 Å². The minimum atomic E-state index is -3.71. The maximum Gasteiger partial charge on any atom is 0.267 e. The van der Waals surface area contributed by atoms with Crippen LogP contribution < -0.4 is 10.1 Å². The molecule has 2 aromatic heterocycles. The smallest absolute Gasteiger partial charge is 0.267 e. The summed E-state index contributed by atoms with van der Waals surface area (Å²) in [6.07, 6.45) is 4.53. The molecule has 3 heterocycles. The topological polar surface area (TPSA) is 101 Å². The highest BCUT2D eigenvalue weighted by Crippen LogP contribution is 2.29. The monoisotopic (exact) mass is 462 g/mol. The molecule has 1 amide bonds. The van der Waals surface area contributed by atoms with Crippen LogP contribution in [0.3, 0.4) is 0 Å². The Kier molecular flexibility index (Phi) is 6.32. The van der Waals surface area contributed by atoms with Gasteiger partial charge in [0, 0.05) is 48.7 Å². The highest BCUT2D eigenvalue weighted by atomic mass is 32.2. The number of rotatable bonds is 6. The number of hydrogen-bond acceptors (Lipinski definition) is 8. The molecule has 0 atom stereocenters. The Morgan fingerprint density at radius 3 is 2.77 bits per heavy atom. The molecule has 1 aromatic carbocycles. The Balaban J connectivity index is 1.51. The molecule has 156 valence electrons. The minimum absolute atomic E-state index is 0.0452. The number of carbonyl (C=O) groups is 1. The van der Waals surface area contributed by atoms with Crippen molar-refractivity contribution in [1.82, 2.24) is 14.3 Å². The van der Waals surface area contributed by atoms with Crippen LogP contribution in [-0.4, -0.2) is 53.2 Å². The van der Waals surface area contributed by atoms with Crippen molar-refractivity contribution in [3.05, 3.63) is 59.2 Å². The van der Waals surface area contributed by atoms with Crippen molar-refractivity contribution < 1.29 is 17.9 Å². The van der Waals surface area contributed by atoms with E-state index in [-0.39, 0.29) is 9.77 Å². The van der Waals surface area contributed by atoms with E-state index in [1.165, 1.54) is 22.8 Å². The molecule has 0 aliphatic carbocycles. The second-order valence-corrected chi connectivity index (χ2v) is 10.3. The van der Waals surface area contributed by atoms with E-state index in [1.54, 1.807) is 47.6 Å². The average molecular weight is 463 g/mol. The molecular weight excluding hydrogens is 444 g/mol. The number of sulfonamides is 1. The zero-order valence-corrected chi connectivity index (χ0v) is 18.2. The Labute approximate surface area is 182 Å². The highest BCUT2D eigenvalue weighted by molar-refractivity contribution is 7.99. The SMILES string of the molecule is O=C(Nc1cccc(Oc2cnccn2)c1)c1sccc1S(=O)(=O)N1CCSCC1. The van der Waals surface area contributed by atoms with E-state index in [4.69, 9.17) is 4.74 Å². The van der Waals surface area contributed by atoms with E-state index in [9.17, 15) is 13.2 Å². The summed E-state index contributed by atoms with van der Waals surface area (Å²) in [5.74, 6) is 1.82. The summed E-state index contributed by atoms with van der Waals surface area (Å²) >= 11 is 2.83. The Morgan fingerprint density at radius 1 is 1.17 bits per heavy atom. The van der Waals surface area contributed by atoms with Gasteiger partial charge in [-0.3, -0.25) is 9.78 Å². The molecule has 1 fully saturated rings. The summed E-state index contributed by atoms with van der Waals surface area (Å²) < 4.78 is 33.1. The van der Waals surface area contributed by atoms with E-state index >= 15 is 0 Å². The third-order valence-electron chi connectivity index (χ3n) is 4.28. The van der Waals surface area contributed by atoms with E-state index in [0.29, 0.717) is 30.4 Å². The molecule has 0 saturated carbocycles. The first-order valence-corrected chi connectivity index (χ1v) is 12.5. The van der Waals surface area contributed by atoms with Gasteiger partial charge >= 0.3 is 0 Å². The van der Waals surface area contributed by atoms with Crippen molar-refractivity contribution in [2.24, 2.45) is 0 Å². The molecular formula is C19H18N4O4S3. The summed E-state index contributed by atoms with van der Waals surface area (Å²) in [6, 6.07) is 8.27. The quantitative estimate of drug-likeness (QED) is 0.600. The fourth-order valence-corrected chi connectivity index (χ4v) is 6.75. The van der Waals surface area contributed by atoms with Crippen LogP contribution in [-0.2, 0) is 10.0 Å². The second kappa shape index (κ2) is 9.13. The highest BCUT2D eigenvalue weighted by Gasteiger charge is 2.31. The Morgan fingerprint density at radius 2 is 2.00 bits per heavy atom. The van der Waals surface area contributed by atoms with Gasteiger partial charge < -0.3 is 10.1 Å². The van der Waals surface area contributed by atoms with Crippen LogP contribution in [0.2, 0.25) is 0 Å². The van der Waals surface area contributed by atoms with Gasteiger partial charge in [-0.25, -0.2) is 13.4 Å². The Hall–Kier alpha value is -2.47. The van der Waals surface area contributed by atoms with Crippen molar-refractivity contribution >= 4 is 44.7 Å². The van der Waals surface area contributed by atoms with Crippen LogP contribution >= 0.6 is 23.1 Å². The molecule has 0 radical (unpaired) electrons. The van der Waals surface area contributed by atoms with Gasteiger partial charge in [0.05, 0.1) is 6.20 Å². The Bertz CT molecular complexity index is 1130. The van der Waals surface area contributed by atoms with Gasteiger partial charge in [0.15, 0.2) is 0 Å². The van der Waals surface area contributed by atoms with Crippen LogP contribution in [0, 0.1) is 0 Å². The molecule has 1 N–H and O–H groups in total. The van der Waals surface area contributed by atoms with E-state index in [2.05, 4.69) is 15.3 Å². The molecule has 8 nitrogen and oxygen atoms in total. The zero-order valence-electron chi connectivity index (χ0n) is 15.7. The zero-order chi connectivity index (χ0) is 21.0. The lowest BCUT2D eigenvalue weighted by atomic mass is 10.3. The summed E-state index contributed by atoms with van der Waals surface area (Å²) in [5, 5.41) is 4.37. The first-order valence-electron chi connectivity index (χ1n) is 9.05. The number of anilines is 1. The number of nitrogens with one attached hydrogen (secondary N) is 1. The van der Waals surface area contributed by atoms with Gasteiger partial charge in [0.25, 0.3) is 5.91 Å². The third-order valence-corrected chi connectivity index (χ3v) is 8.20. The standard InChI is InChI=1S/C19H18N4O4S3/c24-19(18-16(4-9-29-18)30(25,26)23-7-10-28-11-8-23)22-14-2-1-3-15(12-14)27-17-13-20-5-6-21-17/h1-6,9,12-13H,7-8,10-11H2,(H,22,24). The van der Waals surface area contributed by atoms with Crippen LogP contribution in [0.15, 0.2) is 59.2 Å². The largest absolute Gasteiger partial charge is 0.437 e. The number of amides is 1. The summed E-state index contributed by atoms with van der Waals surface area (Å²) in [7, 11) is -3.71. The number of carbonyl (C=O) groups excluding carboxylic acids is 1. The first kappa shape index (κ1) is 20.8. The summed E-state index contributed by atoms with van der Waals surface area (Å²) in [6.45, 7) is 0.900. The van der Waals surface area contributed by atoms with Gasteiger partial charge in [0.1, 0.15) is 15.5 Å². The fourth-order valence-electron chi connectivity index (χ4n) is 2.88. The number of aromatic nitrogens is 2. The second-order valence-electron chi connectivity index (χ2n) is 6.26. The molecule has 1 saturated heterocycles. The maximum absolute atomic E-state index is 13.0. The molecule has 3 aromatic rings. The lowest BCUT2D eigenvalue weighted by Crippen LogP contribution is -2.38. The summed E-state index contributed by atoms with van der Waals surface area (Å²) in [5.41, 5.74) is 0.479. The number of thioether (sulfide) groups is 1. The third kappa shape index (κ3) is 4.64. The molecule has 0 bridgehead atoms. The maximum atomic E-state index is 13.0. The summed E-state index contributed by atoms with van der Waals surface area (Å²) in [4.78, 5) is 21.0. The van der Waals surface area contributed by atoms with E-state index < -0.39 is 15.9 Å². The predicted molar refractivity (Wildman–Crippen MR) is 117 cm³/mol. The van der Waals surface area contributed by atoms with Crippen molar-refractivity contribution in [2.75, 3.05) is 29.9 Å². The number of ether oxygens (including phenoxy) is 1. The molecule has 0 spiro atoms. The minimum Gasteiger partial charge on any atom is -0.437 e. The van der Waals surface area contributed by atoms with Crippen molar-refractivity contribution in [3.8, 4) is 11.6 Å². The van der Waals surface area contributed by atoms with E-state index in [0.717, 1.165) is 22.8 Å². The lowest BCUT2D eigenvalue weighted by molar-refractivity contribution is 0.102. The van der Waals surface area contributed by atoms with Crippen LogP contribution in [0.4, 0.5) is 5.69 Å². The van der Waals surface area contributed by atoms with Crippen molar-refractivity contribution in [2.45, 2.75) is 4.90 Å². The van der Waals surface area contributed by atoms with Gasteiger partial charge in [-0.1, -0.05) is 6.07 Å². The molecule has 11 heteroatoms. The van der Waals surface area contributed by atoms with Crippen LogP contribution in [0.5, 0.6) is 11.6 Å². The van der Waals surface area contributed by atoms with Crippen LogP contribution in [0.25, 0.3) is 0 Å². The van der Waals surface area contributed by atoms with Gasteiger partial charge in [-0.2, -0.15) is 16.1 Å². The van der Waals surface area contributed by atoms with Crippen molar-refractivity contribution in [3.63, 3.8) is 0 Å². The fraction of sp³-hybridized carbons (Fsp3) is 0.211. The number of hydrogen-bond donors (Lipinski definition) is 1. The normalized spacial score (nSPS) is 14.9.